The van der Waals surface area contributed by atoms with Gasteiger partial charge in [0.05, 0.1) is 6.10 Å². The van der Waals surface area contributed by atoms with Crippen LogP contribution in [-0.4, -0.2) is 28.6 Å². The van der Waals surface area contributed by atoms with E-state index < -0.39 is 29.6 Å². The van der Waals surface area contributed by atoms with E-state index in [0.717, 1.165) is 18.6 Å². The minimum atomic E-state index is -4.80. The molecule has 2 N–H and O–H groups in total. The van der Waals surface area contributed by atoms with Gasteiger partial charge in [-0.2, -0.15) is 0 Å². The Balaban J connectivity index is 2.32. The van der Waals surface area contributed by atoms with Crippen LogP contribution in [0.5, 0.6) is 5.75 Å². The number of benzene rings is 1. The molecule has 0 heterocycles. The lowest BCUT2D eigenvalue weighted by atomic mass is 9.67. The van der Waals surface area contributed by atoms with Crippen LogP contribution in [0.25, 0.3) is 0 Å². The zero-order valence-electron chi connectivity index (χ0n) is 11.1. The van der Waals surface area contributed by atoms with Crippen molar-refractivity contribution >= 4 is 5.97 Å². The predicted octanol–water partition coefficient (Wildman–Crippen LogP) is 2.84. The molecule has 0 unspecified atom stereocenters. The van der Waals surface area contributed by atoms with Crippen LogP contribution in [0.15, 0.2) is 24.3 Å². The number of alkyl halides is 3. The lowest BCUT2D eigenvalue weighted by molar-refractivity contribution is -0.274. The van der Waals surface area contributed by atoms with Gasteiger partial charge in [0.15, 0.2) is 0 Å². The minimum absolute atomic E-state index is 0.253. The second-order valence-electron chi connectivity index (χ2n) is 5.11. The fourth-order valence-corrected chi connectivity index (χ4v) is 2.82. The second-order valence-corrected chi connectivity index (χ2v) is 5.11. The number of hydrogen-bond acceptors (Lipinski definition) is 3. The van der Waals surface area contributed by atoms with Crippen LogP contribution in [0.2, 0.25) is 0 Å². The summed E-state index contributed by atoms with van der Waals surface area (Å²) in [5.74, 6) is -1.59. The van der Waals surface area contributed by atoms with Crippen LogP contribution in [0, 0.1) is 0 Å². The summed E-state index contributed by atoms with van der Waals surface area (Å²) in [6, 6.07) is 4.66. The standard InChI is InChI=1S/C14H15F3O4/c15-14(16,17)21-10-6-4-9(5-7-10)13(12(19)20)8-2-1-3-11(13)18/h4-7,11,18H,1-3,8H2,(H,19,20)/t11-,13+/m1/s1. The quantitative estimate of drug-likeness (QED) is 0.901. The molecule has 7 heteroatoms. The molecule has 4 nitrogen and oxygen atoms in total. The van der Waals surface area contributed by atoms with Crippen LogP contribution in [0.1, 0.15) is 31.2 Å². The highest BCUT2D eigenvalue weighted by atomic mass is 19.4. The molecule has 21 heavy (non-hydrogen) atoms. The number of aliphatic hydroxyl groups is 1. The maximum absolute atomic E-state index is 12.1. The summed E-state index contributed by atoms with van der Waals surface area (Å²) in [6.45, 7) is 0. The molecule has 0 aromatic heterocycles. The molecule has 1 saturated carbocycles. The summed E-state index contributed by atoms with van der Waals surface area (Å²) in [4.78, 5) is 11.6. The topological polar surface area (TPSA) is 66.8 Å². The molecule has 1 aliphatic rings. The van der Waals surface area contributed by atoms with Crippen molar-refractivity contribution in [2.75, 3.05) is 0 Å². The number of halogens is 3. The monoisotopic (exact) mass is 304 g/mol. The molecule has 0 radical (unpaired) electrons. The number of rotatable bonds is 3. The predicted molar refractivity (Wildman–Crippen MR) is 66.9 cm³/mol. The lowest BCUT2D eigenvalue weighted by Crippen LogP contribution is -2.48. The number of ether oxygens (including phenoxy) is 1. The highest BCUT2D eigenvalue weighted by molar-refractivity contribution is 5.82. The fraction of sp³-hybridized carbons (Fsp3) is 0.500. The summed E-state index contributed by atoms with van der Waals surface area (Å²) in [5, 5.41) is 19.6. The van der Waals surface area contributed by atoms with Gasteiger partial charge in [0.2, 0.25) is 0 Å². The van der Waals surface area contributed by atoms with E-state index in [2.05, 4.69) is 4.74 Å². The van der Waals surface area contributed by atoms with E-state index in [-0.39, 0.29) is 12.0 Å². The van der Waals surface area contributed by atoms with Gasteiger partial charge >= 0.3 is 12.3 Å². The van der Waals surface area contributed by atoms with Gasteiger partial charge < -0.3 is 14.9 Å². The first-order valence-electron chi connectivity index (χ1n) is 6.53. The fourth-order valence-electron chi connectivity index (χ4n) is 2.82. The van der Waals surface area contributed by atoms with Gasteiger partial charge in [-0.05, 0) is 30.5 Å². The van der Waals surface area contributed by atoms with Crippen molar-refractivity contribution in [2.45, 2.75) is 43.6 Å². The van der Waals surface area contributed by atoms with Gasteiger partial charge in [-0.25, -0.2) is 0 Å². The molecule has 0 bridgehead atoms. The maximum Gasteiger partial charge on any atom is 0.573 e. The molecule has 2 atom stereocenters. The number of carbonyl (C=O) groups is 1. The van der Waals surface area contributed by atoms with Crippen molar-refractivity contribution in [2.24, 2.45) is 0 Å². The highest BCUT2D eigenvalue weighted by Crippen LogP contribution is 2.40. The Morgan fingerprint density at radius 3 is 2.33 bits per heavy atom. The second kappa shape index (κ2) is 5.55. The van der Waals surface area contributed by atoms with E-state index in [1.807, 2.05) is 0 Å². The Labute approximate surface area is 119 Å². The molecule has 2 rings (SSSR count). The Morgan fingerprint density at radius 1 is 1.24 bits per heavy atom. The first-order chi connectivity index (χ1) is 9.75. The van der Waals surface area contributed by atoms with Crippen LogP contribution in [-0.2, 0) is 10.2 Å². The SMILES string of the molecule is O=C(O)[C@]1(c2ccc(OC(F)(F)F)cc2)CCCC[C@H]1O. The number of hydrogen-bond donors (Lipinski definition) is 2. The first kappa shape index (κ1) is 15.6. The molecule has 0 amide bonds. The smallest absolute Gasteiger partial charge is 0.481 e. The van der Waals surface area contributed by atoms with Gasteiger partial charge in [0.1, 0.15) is 11.2 Å². The van der Waals surface area contributed by atoms with Crippen molar-refractivity contribution in [1.29, 1.82) is 0 Å². The third-order valence-electron chi connectivity index (χ3n) is 3.85. The lowest BCUT2D eigenvalue weighted by Gasteiger charge is -2.38. The Kier molecular flexibility index (Phi) is 4.13. The van der Waals surface area contributed by atoms with Crippen molar-refractivity contribution in [3.8, 4) is 5.75 Å². The average Bonchev–Trinajstić information content (AvgIpc) is 2.38. The van der Waals surface area contributed by atoms with Crippen LogP contribution >= 0.6 is 0 Å². The molecule has 1 aliphatic carbocycles. The zero-order valence-corrected chi connectivity index (χ0v) is 11.1. The molecule has 0 aliphatic heterocycles. The number of carboxylic acids is 1. The summed E-state index contributed by atoms with van der Waals surface area (Å²) >= 11 is 0. The van der Waals surface area contributed by atoms with Crippen molar-refractivity contribution in [3.05, 3.63) is 29.8 Å². The highest BCUT2D eigenvalue weighted by Gasteiger charge is 2.48. The summed E-state index contributed by atoms with van der Waals surface area (Å²) in [6.07, 6.45) is -3.87. The number of aliphatic hydroxyl groups excluding tert-OH is 1. The van der Waals surface area contributed by atoms with Crippen LogP contribution < -0.4 is 4.74 Å². The Bertz CT molecular complexity index is 512. The molecule has 1 fully saturated rings. The summed E-state index contributed by atoms with van der Waals surface area (Å²) < 4.78 is 40.1. The molecule has 0 spiro atoms. The van der Waals surface area contributed by atoms with E-state index in [1.165, 1.54) is 12.1 Å². The molecule has 116 valence electrons. The van der Waals surface area contributed by atoms with E-state index in [0.29, 0.717) is 12.8 Å². The van der Waals surface area contributed by atoms with Gasteiger partial charge in [0, 0.05) is 0 Å². The van der Waals surface area contributed by atoms with Crippen molar-refractivity contribution < 1.29 is 32.9 Å². The molecule has 1 aromatic carbocycles. The molecule has 0 saturated heterocycles. The van der Waals surface area contributed by atoms with E-state index in [1.54, 1.807) is 0 Å². The molecular formula is C14H15F3O4. The van der Waals surface area contributed by atoms with Gasteiger partial charge in [0.25, 0.3) is 0 Å². The Morgan fingerprint density at radius 2 is 1.86 bits per heavy atom. The van der Waals surface area contributed by atoms with E-state index in [9.17, 15) is 28.2 Å². The van der Waals surface area contributed by atoms with Gasteiger partial charge in [-0.3, -0.25) is 4.79 Å². The maximum atomic E-state index is 12.1. The van der Waals surface area contributed by atoms with Crippen molar-refractivity contribution in [3.63, 3.8) is 0 Å². The molecular weight excluding hydrogens is 289 g/mol. The zero-order chi connectivity index (χ0) is 15.7. The van der Waals surface area contributed by atoms with Crippen LogP contribution in [0.3, 0.4) is 0 Å². The third-order valence-corrected chi connectivity index (χ3v) is 3.85. The average molecular weight is 304 g/mol. The Hall–Kier alpha value is -1.76. The van der Waals surface area contributed by atoms with Gasteiger partial charge in [-0.1, -0.05) is 25.0 Å². The van der Waals surface area contributed by atoms with Gasteiger partial charge in [-0.15, -0.1) is 13.2 Å². The van der Waals surface area contributed by atoms with Crippen LogP contribution in [0.4, 0.5) is 13.2 Å². The number of carboxylic acid groups (broad SMARTS) is 1. The van der Waals surface area contributed by atoms with E-state index >= 15 is 0 Å². The molecule has 1 aromatic rings. The van der Waals surface area contributed by atoms with E-state index in [4.69, 9.17) is 0 Å². The summed E-state index contributed by atoms with van der Waals surface area (Å²) in [5.41, 5.74) is -1.17. The number of aliphatic carboxylic acids is 1. The normalized spacial score (nSPS) is 26.4. The third kappa shape index (κ3) is 3.12. The minimum Gasteiger partial charge on any atom is -0.481 e. The summed E-state index contributed by atoms with van der Waals surface area (Å²) in [7, 11) is 0. The largest absolute Gasteiger partial charge is 0.573 e. The first-order valence-corrected chi connectivity index (χ1v) is 6.53. The van der Waals surface area contributed by atoms with Crippen molar-refractivity contribution in [1.82, 2.24) is 0 Å².